The van der Waals surface area contributed by atoms with Crippen molar-refractivity contribution in [3.63, 3.8) is 0 Å². The Hall–Kier alpha value is -1.94. The predicted molar refractivity (Wildman–Crippen MR) is 312 cm³/mol. The highest BCUT2D eigenvalue weighted by Crippen LogP contribution is 2.45. The van der Waals surface area contributed by atoms with Crippen molar-refractivity contribution in [2.24, 2.45) is 11.8 Å². The van der Waals surface area contributed by atoms with Crippen LogP contribution in [0.2, 0.25) is 0 Å². The van der Waals surface area contributed by atoms with Crippen molar-refractivity contribution in [1.82, 2.24) is 0 Å². The highest BCUT2D eigenvalue weighted by Gasteiger charge is 2.30. The highest BCUT2D eigenvalue weighted by atomic mass is 31.2. The Kier molecular flexibility index (Phi) is 51.5. The maximum Gasteiger partial charge on any atom is 0.472 e. The molecule has 0 aliphatic carbocycles. The molecule has 0 aromatic rings. The summed E-state index contributed by atoms with van der Waals surface area (Å²) in [6.45, 7) is 9.30. The Labute approximate surface area is 479 Å². The van der Waals surface area contributed by atoms with Crippen LogP contribution in [0.5, 0.6) is 0 Å². The predicted octanol–water partition coefficient (Wildman–Crippen LogP) is 16.1. The number of esters is 4. The third kappa shape index (κ3) is 53.8. The zero-order valence-corrected chi connectivity index (χ0v) is 52.4. The van der Waals surface area contributed by atoms with Crippen LogP contribution in [0, 0.1) is 11.8 Å². The fourth-order valence-corrected chi connectivity index (χ4v) is 10.4. The number of hydrogen-bond donors (Lipinski definition) is 3. The van der Waals surface area contributed by atoms with Crippen LogP contribution in [-0.2, 0) is 65.4 Å². The van der Waals surface area contributed by atoms with E-state index in [0.717, 1.165) is 121 Å². The summed E-state index contributed by atoms with van der Waals surface area (Å²) in [7, 11) is -9.86. The van der Waals surface area contributed by atoms with E-state index < -0.39 is 97.5 Å². The largest absolute Gasteiger partial charge is 0.472 e. The molecule has 3 unspecified atom stereocenters. The third-order valence-electron chi connectivity index (χ3n) is 14.1. The Morgan fingerprint density at radius 2 is 0.646 bits per heavy atom. The van der Waals surface area contributed by atoms with E-state index in [2.05, 4.69) is 41.5 Å². The molecule has 468 valence electrons. The van der Waals surface area contributed by atoms with E-state index in [9.17, 15) is 43.2 Å². The van der Waals surface area contributed by atoms with Crippen LogP contribution in [0.15, 0.2) is 0 Å². The lowest BCUT2D eigenvalue weighted by Crippen LogP contribution is -2.30. The summed E-state index contributed by atoms with van der Waals surface area (Å²) in [5.41, 5.74) is 0. The first-order valence-corrected chi connectivity index (χ1v) is 34.5. The van der Waals surface area contributed by atoms with Crippen LogP contribution in [0.3, 0.4) is 0 Å². The standard InChI is InChI=1S/C60H116O17P2/c1-7-10-12-14-23-32-38-44-59(64)76-55(48-70-57(62)42-36-28-13-11-8-2)50-74-78(66,67)72-46-54(61)47-73-79(68,69)75-51-56(49-71-58(63)43-37-31-27-26-29-34-40-52(4)5)77-60(65)45-39-33-25-22-20-18-16-15-17-19-21-24-30-35-41-53(6)9-3/h52-56,61H,7-51H2,1-6H3,(H,66,67)(H,68,69)/t53?,54-,55+,56+/m0/s1. The van der Waals surface area contributed by atoms with E-state index in [1.165, 1.54) is 83.5 Å². The summed E-state index contributed by atoms with van der Waals surface area (Å²) < 4.78 is 67.5. The zero-order valence-electron chi connectivity index (χ0n) is 50.7. The molecule has 0 saturated heterocycles. The average Bonchev–Trinajstić information content (AvgIpc) is 3.41. The Bertz CT molecular complexity index is 1570. The van der Waals surface area contributed by atoms with Gasteiger partial charge in [0, 0.05) is 25.7 Å². The molecule has 0 aromatic carbocycles. The second-order valence-electron chi connectivity index (χ2n) is 22.5. The van der Waals surface area contributed by atoms with Gasteiger partial charge >= 0.3 is 39.5 Å². The van der Waals surface area contributed by atoms with Crippen molar-refractivity contribution in [1.29, 1.82) is 0 Å². The van der Waals surface area contributed by atoms with Gasteiger partial charge in [-0.25, -0.2) is 9.13 Å². The molecule has 0 aromatic heterocycles. The number of phosphoric acid groups is 2. The van der Waals surface area contributed by atoms with E-state index >= 15 is 0 Å². The van der Waals surface area contributed by atoms with E-state index in [1.54, 1.807) is 0 Å². The second kappa shape index (κ2) is 52.8. The first-order chi connectivity index (χ1) is 37.9. The molecule has 0 heterocycles. The quantitative estimate of drug-likeness (QED) is 0.0222. The smallest absolute Gasteiger partial charge is 0.462 e. The molecule has 3 N–H and O–H groups in total. The molecule has 79 heavy (non-hydrogen) atoms. The van der Waals surface area contributed by atoms with E-state index in [-0.39, 0.29) is 25.7 Å². The molecule has 0 spiro atoms. The fourth-order valence-electron chi connectivity index (χ4n) is 8.79. The maximum absolute atomic E-state index is 12.9. The van der Waals surface area contributed by atoms with Gasteiger partial charge < -0.3 is 33.8 Å². The zero-order chi connectivity index (χ0) is 58.7. The van der Waals surface area contributed by atoms with Gasteiger partial charge in [0.15, 0.2) is 12.2 Å². The summed E-state index contributed by atoms with van der Waals surface area (Å²) in [5.74, 6) is -0.632. The maximum atomic E-state index is 12.9. The summed E-state index contributed by atoms with van der Waals surface area (Å²) in [5, 5.41) is 10.5. The van der Waals surface area contributed by atoms with Crippen molar-refractivity contribution in [3.05, 3.63) is 0 Å². The molecule has 17 nitrogen and oxygen atoms in total. The molecule has 0 bridgehead atoms. The SMILES string of the molecule is CCCCCCCCCC(=O)O[C@H](COC(=O)CCCCCCC)COP(=O)(O)OC[C@H](O)COP(=O)(O)OC[C@@H](COC(=O)CCCCCCCCC(C)C)OC(=O)CCCCCCCCCCCCCCCCC(C)CC. The minimum absolute atomic E-state index is 0.102. The number of carbonyl (C=O) groups excluding carboxylic acids is 4. The molecule has 19 heteroatoms. The number of phosphoric ester groups is 2. The van der Waals surface area contributed by atoms with Crippen LogP contribution in [0.1, 0.15) is 292 Å². The van der Waals surface area contributed by atoms with Gasteiger partial charge in [-0.2, -0.15) is 0 Å². The van der Waals surface area contributed by atoms with Crippen LogP contribution < -0.4 is 0 Å². The summed E-state index contributed by atoms with van der Waals surface area (Å²) >= 11 is 0. The lowest BCUT2D eigenvalue weighted by Gasteiger charge is -2.21. The van der Waals surface area contributed by atoms with Crippen molar-refractivity contribution < 1.29 is 80.2 Å². The molecule has 0 saturated carbocycles. The van der Waals surface area contributed by atoms with Crippen LogP contribution in [0.25, 0.3) is 0 Å². The lowest BCUT2D eigenvalue weighted by atomic mass is 9.99. The number of rotatable bonds is 59. The highest BCUT2D eigenvalue weighted by molar-refractivity contribution is 7.47. The van der Waals surface area contributed by atoms with E-state index in [4.69, 9.17) is 37.0 Å². The van der Waals surface area contributed by atoms with Gasteiger partial charge in [0.05, 0.1) is 26.4 Å². The minimum atomic E-state index is -4.94. The number of aliphatic hydroxyl groups excluding tert-OH is 1. The van der Waals surface area contributed by atoms with Crippen molar-refractivity contribution in [2.45, 2.75) is 310 Å². The second-order valence-corrected chi connectivity index (χ2v) is 25.4. The molecule has 6 atom stereocenters. The molecule has 0 radical (unpaired) electrons. The molecular weight excluding hydrogens is 1050 g/mol. The van der Waals surface area contributed by atoms with E-state index in [0.29, 0.717) is 31.6 Å². The number of ether oxygens (including phenoxy) is 4. The topological polar surface area (TPSA) is 237 Å². The van der Waals surface area contributed by atoms with Gasteiger partial charge in [0.2, 0.25) is 0 Å². The number of carbonyl (C=O) groups is 4. The van der Waals surface area contributed by atoms with Crippen molar-refractivity contribution in [2.75, 3.05) is 39.6 Å². The van der Waals surface area contributed by atoms with Crippen LogP contribution in [0.4, 0.5) is 0 Å². The first-order valence-electron chi connectivity index (χ1n) is 31.5. The molecule has 0 fully saturated rings. The van der Waals surface area contributed by atoms with Crippen molar-refractivity contribution in [3.8, 4) is 0 Å². The Morgan fingerprint density at radius 1 is 0.367 bits per heavy atom. The van der Waals surface area contributed by atoms with Gasteiger partial charge in [0.1, 0.15) is 19.3 Å². The average molecular weight is 1170 g/mol. The Balaban J connectivity index is 5.10. The van der Waals surface area contributed by atoms with Crippen molar-refractivity contribution >= 4 is 39.5 Å². The van der Waals surface area contributed by atoms with Crippen LogP contribution in [-0.4, -0.2) is 96.7 Å². The minimum Gasteiger partial charge on any atom is -0.462 e. The summed E-state index contributed by atoms with van der Waals surface area (Å²) in [6.07, 6.45) is 34.1. The lowest BCUT2D eigenvalue weighted by molar-refractivity contribution is -0.161. The molecule has 0 amide bonds. The van der Waals surface area contributed by atoms with Gasteiger partial charge in [-0.15, -0.1) is 0 Å². The molecule has 0 aliphatic heterocycles. The number of unbranched alkanes of at least 4 members (excludes halogenated alkanes) is 28. The summed E-state index contributed by atoms with van der Waals surface area (Å²) in [6, 6.07) is 0. The Morgan fingerprint density at radius 3 is 0.962 bits per heavy atom. The molecule has 0 aliphatic rings. The van der Waals surface area contributed by atoms with Crippen LogP contribution >= 0.6 is 15.6 Å². The number of aliphatic hydroxyl groups is 1. The number of hydrogen-bond acceptors (Lipinski definition) is 15. The monoisotopic (exact) mass is 1170 g/mol. The normalized spacial score (nSPS) is 14.8. The molecule has 0 rings (SSSR count). The van der Waals surface area contributed by atoms with Gasteiger partial charge in [-0.3, -0.25) is 37.3 Å². The summed E-state index contributed by atoms with van der Waals surface area (Å²) in [4.78, 5) is 71.6. The van der Waals surface area contributed by atoms with Gasteiger partial charge in [-0.05, 0) is 37.5 Å². The fraction of sp³-hybridized carbons (Fsp3) is 0.933. The van der Waals surface area contributed by atoms with E-state index in [1.807, 2.05) is 0 Å². The first kappa shape index (κ1) is 77.1. The van der Waals surface area contributed by atoms with Gasteiger partial charge in [-0.1, -0.05) is 241 Å². The van der Waals surface area contributed by atoms with Gasteiger partial charge in [0.25, 0.3) is 0 Å². The molecular formula is C60H116O17P2. The third-order valence-corrected chi connectivity index (χ3v) is 16.0.